The first-order valence-electron chi connectivity index (χ1n) is 3.97. The first kappa shape index (κ1) is 9.64. The lowest BCUT2D eigenvalue weighted by atomic mass is 10.1. The Bertz CT molecular complexity index is 309. The molecular weight excluding hydrogens is 170 g/mol. The molecule has 71 valence electrons. The number of carbonyl (C=O) groups excluding carboxylic acids is 1. The van der Waals surface area contributed by atoms with Crippen LogP contribution in [0, 0.1) is 0 Å². The maximum absolute atomic E-state index is 11.4. The van der Waals surface area contributed by atoms with Crippen LogP contribution in [0.3, 0.4) is 0 Å². The van der Waals surface area contributed by atoms with Gasteiger partial charge < -0.3 is 9.73 Å². The van der Waals surface area contributed by atoms with E-state index in [1.807, 2.05) is 20.8 Å². The molecule has 1 N–H and O–H groups in total. The summed E-state index contributed by atoms with van der Waals surface area (Å²) in [6.45, 7) is 5.53. The Labute approximate surface area is 76.6 Å². The lowest BCUT2D eigenvalue weighted by Crippen LogP contribution is -2.40. The van der Waals surface area contributed by atoms with E-state index in [9.17, 15) is 9.90 Å². The van der Waals surface area contributed by atoms with Crippen molar-refractivity contribution in [2.24, 2.45) is 0 Å². The summed E-state index contributed by atoms with van der Waals surface area (Å²) in [6.07, 6.45) is 1.21. The van der Waals surface area contributed by atoms with Gasteiger partial charge in [0.15, 0.2) is 0 Å². The monoisotopic (exact) mass is 182 g/mol. The minimum Gasteiger partial charge on any atom is -0.431 e. The molecule has 0 aliphatic rings. The minimum atomic E-state index is -0.596. The third-order valence-corrected chi connectivity index (χ3v) is 1.36. The molecule has 13 heavy (non-hydrogen) atoms. The van der Waals surface area contributed by atoms with Gasteiger partial charge in [-0.1, -0.05) is 0 Å². The molecule has 1 aromatic rings. The maximum atomic E-state index is 11.4. The van der Waals surface area contributed by atoms with Crippen LogP contribution in [-0.4, -0.2) is 11.4 Å². The summed E-state index contributed by atoms with van der Waals surface area (Å²) in [6, 6.07) is 1.36. The molecule has 0 aliphatic heterocycles. The van der Waals surface area contributed by atoms with Crippen molar-refractivity contribution in [2.75, 3.05) is 0 Å². The summed E-state index contributed by atoms with van der Waals surface area (Å²) in [5, 5.41) is 13.6. The Hall–Kier alpha value is -1.45. The fourth-order valence-electron chi connectivity index (χ4n) is 0.872. The molecule has 0 fully saturated rings. The zero-order valence-corrected chi connectivity index (χ0v) is 7.88. The highest BCUT2D eigenvalue weighted by atomic mass is 16.5. The first-order chi connectivity index (χ1) is 5.90. The van der Waals surface area contributed by atoms with Gasteiger partial charge in [-0.2, -0.15) is 0 Å². The number of hydrogen-bond acceptors (Lipinski definition) is 2. The van der Waals surface area contributed by atoms with E-state index in [0.717, 1.165) is 0 Å². The summed E-state index contributed by atoms with van der Waals surface area (Å²) in [7, 11) is 0. The average molecular weight is 182 g/mol. The SMILES string of the molecule is CC(C)(C)NC(=O)c1ccoc1[O]. The molecular formula is C9H12NO3. The van der Waals surface area contributed by atoms with Crippen LogP contribution in [0.5, 0.6) is 5.95 Å². The summed E-state index contributed by atoms with van der Waals surface area (Å²) in [4.78, 5) is 11.4. The lowest BCUT2D eigenvalue weighted by molar-refractivity contribution is 0.0911. The molecule has 1 radical (unpaired) electrons. The highest BCUT2D eigenvalue weighted by molar-refractivity contribution is 5.96. The first-order valence-corrected chi connectivity index (χ1v) is 3.97. The Morgan fingerprint density at radius 2 is 2.08 bits per heavy atom. The van der Waals surface area contributed by atoms with Crippen molar-refractivity contribution in [1.82, 2.24) is 5.32 Å². The highest BCUT2D eigenvalue weighted by Crippen LogP contribution is 2.18. The number of nitrogens with one attached hydrogen (secondary N) is 1. The summed E-state index contributed by atoms with van der Waals surface area (Å²) in [5.74, 6) is -0.993. The molecule has 0 saturated carbocycles. The van der Waals surface area contributed by atoms with Gasteiger partial charge in [-0.25, -0.2) is 5.11 Å². The molecule has 0 bridgehead atoms. The van der Waals surface area contributed by atoms with Crippen molar-refractivity contribution in [3.8, 4) is 5.95 Å². The second kappa shape index (κ2) is 3.12. The molecule has 1 heterocycles. The van der Waals surface area contributed by atoms with Gasteiger partial charge in [-0.3, -0.25) is 4.79 Å². The zero-order valence-electron chi connectivity index (χ0n) is 7.88. The van der Waals surface area contributed by atoms with E-state index >= 15 is 0 Å². The van der Waals surface area contributed by atoms with Crippen LogP contribution in [0.2, 0.25) is 0 Å². The normalized spacial score (nSPS) is 11.3. The Morgan fingerprint density at radius 1 is 1.46 bits per heavy atom. The van der Waals surface area contributed by atoms with Gasteiger partial charge >= 0.3 is 5.95 Å². The van der Waals surface area contributed by atoms with Crippen molar-refractivity contribution in [1.29, 1.82) is 0 Å². The third kappa shape index (κ3) is 2.50. The molecule has 4 heteroatoms. The van der Waals surface area contributed by atoms with E-state index < -0.39 is 11.9 Å². The molecule has 0 spiro atoms. The van der Waals surface area contributed by atoms with Crippen LogP contribution in [0.25, 0.3) is 0 Å². The van der Waals surface area contributed by atoms with Crippen molar-refractivity contribution < 1.29 is 14.3 Å². The average Bonchev–Trinajstić information content (AvgIpc) is 2.30. The summed E-state index contributed by atoms with van der Waals surface area (Å²) in [5.41, 5.74) is -0.296. The summed E-state index contributed by atoms with van der Waals surface area (Å²) >= 11 is 0. The van der Waals surface area contributed by atoms with Gasteiger partial charge in [0, 0.05) is 5.54 Å². The van der Waals surface area contributed by atoms with E-state index in [0.29, 0.717) is 0 Å². The molecule has 0 unspecified atom stereocenters. The quantitative estimate of drug-likeness (QED) is 0.721. The van der Waals surface area contributed by atoms with E-state index in [2.05, 4.69) is 9.73 Å². The number of hydrogen-bond donors (Lipinski definition) is 1. The van der Waals surface area contributed by atoms with Gasteiger partial charge in [0.2, 0.25) is 0 Å². The fourth-order valence-corrected chi connectivity index (χ4v) is 0.872. The topological polar surface area (TPSA) is 62.1 Å². The Balaban J connectivity index is 2.76. The van der Waals surface area contributed by atoms with E-state index in [4.69, 9.17) is 0 Å². The van der Waals surface area contributed by atoms with Crippen LogP contribution in [0.1, 0.15) is 31.1 Å². The third-order valence-electron chi connectivity index (χ3n) is 1.36. The molecule has 1 rings (SSSR count). The van der Waals surface area contributed by atoms with Gasteiger partial charge in [-0.15, -0.1) is 0 Å². The second-order valence-electron chi connectivity index (χ2n) is 3.83. The van der Waals surface area contributed by atoms with Crippen molar-refractivity contribution in [3.63, 3.8) is 0 Å². The smallest absolute Gasteiger partial charge is 0.348 e. The molecule has 4 nitrogen and oxygen atoms in total. The second-order valence-corrected chi connectivity index (χ2v) is 3.83. The van der Waals surface area contributed by atoms with Crippen molar-refractivity contribution in [3.05, 3.63) is 17.9 Å². The van der Waals surface area contributed by atoms with Crippen molar-refractivity contribution >= 4 is 5.91 Å². The van der Waals surface area contributed by atoms with Crippen LogP contribution in [0.4, 0.5) is 0 Å². The van der Waals surface area contributed by atoms with E-state index in [1.165, 1.54) is 12.3 Å². The highest BCUT2D eigenvalue weighted by Gasteiger charge is 2.20. The molecule has 1 amide bonds. The summed E-state index contributed by atoms with van der Waals surface area (Å²) < 4.78 is 4.48. The zero-order chi connectivity index (χ0) is 10.1. The van der Waals surface area contributed by atoms with Gasteiger partial charge in [0.05, 0.1) is 6.26 Å². The minimum absolute atomic E-state index is 0.0509. The molecule has 0 saturated heterocycles. The number of amides is 1. The molecule has 0 aliphatic carbocycles. The van der Waals surface area contributed by atoms with Crippen LogP contribution >= 0.6 is 0 Å². The molecule has 0 aromatic carbocycles. The fraction of sp³-hybridized carbons (Fsp3) is 0.444. The van der Waals surface area contributed by atoms with E-state index in [1.54, 1.807) is 0 Å². The van der Waals surface area contributed by atoms with Gasteiger partial charge in [0.1, 0.15) is 5.56 Å². The Kier molecular flexibility index (Phi) is 2.32. The van der Waals surface area contributed by atoms with Crippen molar-refractivity contribution in [2.45, 2.75) is 26.3 Å². The molecule has 1 aromatic heterocycles. The predicted octanol–water partition coefficient (Wildman–Crippen LogP) is 1.95. The number of furan rings is 1. The van der Waals surface area contributed by atoms with Crippen LogP contribution in [0.15, 0.2) is 16.7 Å². The van der Waals surface area contributed by atoms with Gasteiger partial charge in [-0.05, 0) is 26.8 Å². The maximum Gasteiger partial charge on any atom is 0.348 e. The number of rotatable bonds is 1. The van der Waals surface area contributed by atoms with Crippen LogP contribution in [-0.2, 0) is 5.11 Å². The Morgan fingerprint density at radius 3 is 2.46 bits per heavy atom. The largest absolute Gasteiger partial charge is 0.431 e. The number of carbonyl (C=O) groups is 1. The standard InChI is InChI=1S/C9H12NO3/c1-9(2,3)10-7(11)6-4-5-13-8(6)12/h4-5H,1-3H3,(H,10,11). The predicted molar refractivity (Wildman–Crippen MR) is 46.1 cm³/mol. The van der Waals surface area contributed by atoms with Gasteiger partial charge in [0.25, 0.3) is 5.91 Å². The lowest BCUT2D eigenvalue weighted by Gasteiger charge is -2.19. The van der Waals surface area contributed by atoms with Crippen LogP contribution < -0.4 is 5.32 Å². The molecule has 0 atom stereocenters. The van der Waals surface area contributed by atoms with E-state index in [-0.39, 0.29) is 11.1 Å².